The lowest BCUT2D eigenvalue weighted by Crippen LogP contribution is -2.44. The van der Waals surface area contributed by atoms with E-state index in [1.54, 1.807) is 7.11 Å². The van der Waals surface area contributed by atoms with Crippen LogP contribution in [0.25, 0.3) is 21.8 Å². The molecule has 0 aliphatic heterocycles. The molecule has 0 unspecified atom stereocenters. The number of rotatable bonds is 8. The lowest BCUT2D eigenvalue weighted by Gasteiger charge is -2.25. The normalized spacial score (nSPS) is 11.9. The highest BCUT2D eigenvalue weighted by molar-refractivity contribution is 7.00. The van der Waals surface area contributed by atoms with Gasteiger partial charge in [0.2, 0.25) is 6.71 Å². The molecule has 1 nitrogen and oxygen atoms in total. The minimum atomic E-state index is 0.0797. The van der Waals surface area contributed by atoms with E-state index in [0.717, 1.165) is 6.42 Å². The van der Waals surface area contributed by atoms with E-state index in [2.05, 4.69) is 135 Å². The number of hydrogen-bond donors (Lipinski definition) is 0. The van der Waals surface area contributed by atoms with Gasteiger partial charge in [-0.05, 0) is 53.8 Å². The standard InChI is InChI=1S/C35H33BO/c1-26-13-17-29(18-14-26)34(23-24-37-3)35(31-20-19-28-9-7-8-10-30(28)25-31)36(32-11-5-4-6-12-32)33-21-15-27(2)16-22-33/h4-22,25H,23-24H2,1-3H3/b35-34+. The summed E-state index contributed by atoms with van der Waals surface area (Å²) in [6.07, 6.45) is 0.830. The van der Waals surface area contributed by atoms with Crippen molar-refractivity contribution >= 4 is 39.5 Å². The van der Waals surface area contributed by atoms with E-state index in [9.17, 15) is 0 Å². The van der Waals surface area contributed by atoms with Crippen molar-refractivity contribution in [2.45, 2.75) is 20.3 Å². The first kappa shape index (κ1) is 24.8. The molecular weight excluding hydrogens is 447 g/mol. The minimum absolute atomic E-state index is 0.0797. The predicted molar refractivity (Wildman–Crippen MR) is 161 cm³/mol. The summed E-state index contributed by atoms with van der Waals surface area (Å²) in [6.45, 7) is 5.04. The summed E-state index contributed by atoms with van der Waals surface area (Å²) in [6, 6.07) is 44.4. The van der Waals surface area contributed by atoms with Crippen LogP contribution in [0.5, 0.6) is 0 Å². The molecule has 0 saturated carbocycles. The van der Waals surface area contributed by atoms with Crippen LogP contribution in [-0.4, -0.2) is 20.4 Å². The van der Waals surface area contributed by atoms with Gasteiger partial charge < -0.3 is 4.74 Å². The largest absolute Gasteiger partial charge is 0.384 e. The van der Waals surface area contributed by atoms with Gasteiger partial charge in [0, 0.05) is 7.11 Å². The first-order chi connectivity index (χ1) is 18.1. The third kappa shape index (κ3) is 5.60. The van der Waals surface area contributed by atoms with E-state index < -0.39 is 0 Å². The number of benzene rings is 5. The van der Waals surface area contributed by atoms with Crippen LogP contribution in [0.4, 0.5) is 0 Å². The van der Waals surface area contributed by atoms with Gasteiger partial charge in [-0.2, -0.15) is 0 Å². The quantitative estimate of drug-likeness (QED) is 0.168. The Kier molecular flexibility index (Phi) is 7.68. The van der Waals surface area contributed by atoms with Crippen molar-refractivity contribution < 1.29 is 4.74 Å². The third-order valence-electron chi connectivity index (χ3n) is 7.17. The highest BCUT2D eigenvalue weighted by atomic mass is 16.5. The summed E-state index contributed by atoms with van der Waals surface area (Å²) < 4.78 is 5.65. The fourth-order valence-electron chi connectivity index (χ4n) is 5.20. The van der Waals surface area contributed by atoms with Crippen LogP contribution in [0.1, 0.15) is 28.7 Å². The number of fused-ring (bicyclic) bond motifs is 1. The molecular formula is C35H33BO. The molecule has 0 heterocycles. The van der Waals surface area contributed by atoms with Crippen molar-refractivity contribution in [1.82, 2.24) is 0 Å². The molecule has 0 N–H and O–H groups in total. The van der Waals surface area contributed by atoms with E-state index in [-0.39, 0.29) is 6.71 Å². The number of aryl methyl sites for hydroxylation is 2. The van der Waals surface area contributed by atoms with E-state index in [0.29, 0.717) is 6.61 Å². The Morgan fingerprint density at radius 1 is 0.595 bits per heavy atom. The lowest BCUT2D eigenvalue weighted by molar-refractivity contribution is 0.206. The molecule has 5 aromatic rings. The molecule has 0 atom stereocenters. The highest BCUT2D eigenvalue weighted by Gasteiger charge is 2.28. The van der Waals surface area contributed by atoms with E-state index in [1.165, 1.54) is 55.0 Å². The molecule has 0 aliphatic rings. The lowest BCUT2D eigenvalue weighted by atomic mass is 9.34. The van der Waals surface area contributed by atoms with E-state index in [1.807, 2.05) is 0 Å². The summed E-state index contributed by atoms with van der Waals surface area (Å²) in [5, 5.41) is 2.51. The zero-order valence-electron chi connectivity index (χ0n) is 21.9. The zero-order chi connectivity index (χ0) is 25.6. The third-order valence-corrected chi connectivity index (χ3v) is 7.17. The molecule has 0 aromatic heterocycles. The minimum Gasteiger partial charge on any atom is -0.384 e. The van der Waals surface area contributed by atoms with Crippen molar-refractivity contribution in [2.24, 2.45) is 0 Å². The average Bonchev–Trinajstić information content (AvgIpc) is 2.94. The molecule has 5 rings (SSSR count). The van der Waals surface area contributed by atoms with Gasteiger partial charge in [0.15, 0.2) is 0 Å². The molecule has 5 aromatic carbocycles. The van der Waals surface area contributed by atoms with Crippen LogP contribution in [-0.2, 0) is 4.74 Å². The second kappa shape index (κ2) is 11.5. The molecule has 37 heavy (non-hydrogen) atoms. The number of hydrogen-bond acceptors (Lipinski definition) is 1. The zero-order valence-corrected chi connectivity index (χ0v) is 21.9. The maximum atomic E-state index is 5.65. The van der Waals surface area contributed by atoms with Crippen LogP contribution in [0, 0.1) is 13.8 Å². The Bertz CT molecular complexity index is 1500. The molecule has 0 fully saturated rings. The van der Waals surface area contributed by atoms with Crippen LogP contribution >= 0.6 is 0 Å². The van der Waals surface area contributed by atoms with Gasteiger partial charge in [-0.3, -0.25) is 0 Å². The van der Waals surface area contributed by atoms with Crippen molar-refractivity contribution in [3.8, 4) is 0 Å². The second-order valence-electron chi connectivity index (χ2n) is 9.82. The number of ether oxygens (including phenoxy) is 1. The summed E-state index contributed by atoms with van der Waals surface area (Å²) in [7, 11) is 1.79. The van der Waals surface area contributed by atoms with E-state index >= 15 is 0 Å². The monoisotopic (exact) mass is 480 g/mol. The van der Waals surface area contributed by atoms with Gasteiger partial charge in [-0.1, -0.05) is 143 Å². The molecule has 0 bridgehead atoms. The first-order valence-electron chi connectivity index (χ1n) is 13.0. The highest BCUT2D eigenvalue weighted by Crippen LogP contribution is 2.33. The van der Waals surface area contributed by atoms with Gasteiger partial charge in [0.25, 0.3) is 0 Å². The molecule has 0 spiro atoms. The van der Waals surface area contributed by atoms with Crippen molar-refractivity contribution in [1.29, 1.82) is 0 Å². The van der Waals surface area contributed by atoms with E-state index in [4.69, 9.17) is 4.74 Å². The Morgan fingerprint density at radius 2 is 1.16 bits per heavy atom. The average molecular weight is 480 g/mol. The predicted octanol–water partition coefficient (Wildman–Crippen LogP) is 7.25. The van der Waals surface area contributed by atoms with Crippen molar-refractivity contribution in [3.05, 3.63) is 144 Å². The maximum absolute atomic E-state index is 5.65. The van der Waals surface area contributed by atoms with Gasteiger partial charge >= 0.3 is 0 Å². The van der Waals surface area contributed by atoms with Gasteiger partial charge in [0.1, 0.15) is 0 Å². The summed E-state index contributed by atoms with van der Waals surface area (Å²) in [4.78, 5) is 0. The Morgan fingerprint density at radius 3 is 1.84 bits per heavy atom. The van der Waals surface area contributed by atoms with Crippen LogP contribution in [0.2, 0.25) is 0 Å². The number of methoxy groups -OCH3 is 1. The fraction of sp³-hybridized carbons (Fsp3) is 0.143. The van der Waals surface area contributed by atoms with Crippen molar-refractivity contribution in [3.63, 3.8) is 0 Å². The Balaban J connectivity index is 1.85. The Hall–Kier alpha value is -3.88. The molecule has 182 valence electrons. The van der Waals surface area contributed by atoms with Crippen molar-refractivity contribution in [2.75, 3.05) is 13.7 Å². The van der Waals surface area contributed by atoms with Gasteiger partial charge in [-0.25, -0.2) is 0 Å². The molecule has 0 amide bonds. The summed E-state index contributed by atoms with van der Waals surface area (Å²) >= 11 is 0. The van der Waals surface area contributed by atoms with Gasteiger partial charge in [-0.15, -0.1) is 0 Å². The topological polar surface area (TPSA) is 9.23 Å². The molecule has 2 heteroatoms. The van der Waals surface area contributed by atoms with Crippen LogP contribution < -0.4 is 10.9 Å². The summed E-state index contributed by atoms with van der Waals surface area (Å²) in [5.74, 6) is 0. The maximum Gasteiger partial charge on any atom is 0.242 e. The fourth-order valence-corrected chi connectivity index (χ4v) is 5.20. The Labute approximate surface area is 221 Å². The SMILES string of the molecule is COCC/C(=C(\B(c1ccccc1)c1ccc(C)cc1)c1ccc2ccccc2c1)c1ccc(C)cc1. The van der Waals surface area contributed by atoms with Gasteiger partial charge in [0.05, 0.1) is 6.61 Å². The van der Waals surface area contributed by atoms with Crippen LogP contribution in [0.15, 0.2) is 121 Å². The molecule has 0 aliphatic carbocycles. The molecule has 0 radical (unpaired) electrons. The first-order valence-corrected chi connectivity index (χ1v) is 13.0. The van der Waals surface area contributed by atoms with Crippen LogP contribution in [0.3, 0.4) is 0 Å². The molecule has 0 saturated heterocycles. The smallest absolute Gasteiger partial charge is 0.242 e. The summed E-state index contributed by atoms with van der Waals surface area (Å²) in [5.41, 5.74) is 10.3. The second-order valence-corrected chi connectivity index (χ2v) is 9.82.